The summed E-state index contributed by atoms with van der Waals surface area (Å²) in [6.07, 6.45) is 4.16. The molecule has 2 fully saturated rings. The highest BCUT2D eigenvalue weighted by Crippen LogP contribution is 2.20. The van der Waals surface area contributed by atoms with Crippen LogP contribution in [0.15, 0.2) is 54.7 Å². The van der Waals surface area contributed by atoms with Gasteiger partial charge < -0.3 is 14.7 Å². The molecule has 1 amide bonds. The van der Waals surface area contributed by atoms with Gasteiger partial charge >= 0.3 is 0 Å². The Morgan fingerprint density at radius 2 is 1.48 bits per heavy atom. The minimum absolute atomic E-state index is 0.0622. The third-order valence-corrected chi connectivity index (χ3v) is 5.86. The predicted octanol–water partition coefficient (Wildman–Crippen LogP) is 2.50. The van der Waals surface area contributed by atoms with Crippen LogP contribution in [-0.4, -0.2) is 70.2 Å². The zero-order chi connectivity index (χ0) is 21.0. The Morgan fingerprint density at radius 3 is 2.19 bits per heavy atom. The summed E-state index contributed by atoms with van der Waals surface area (Å²) in [5.74, 6) is 2.39. The van der Waals surface area contributed by atoms with E-state index in [2.05, 4.69) is 25.0 Å². The van der Waals surface area contributed by atoms with Crippen LogP contribution in [0.25, 0.3) is 11.4 Å². The molecule has 0 N–H and O–H groups in total. The molecule has 0 bridgehead atoms. The van der Waals surface area contributed by atoms with Gasteiger partial charge in [-0.3, -0.25) is 4.79 Å². The van der Waals surface area contributed by atoms with Crippen LogP contribution in [0.3, 0.4) is 0 Å². The highest BCUT2D eigenvalue weighted by atomic mass is 16.2. The molecule has 2 saturated heterocycles. The van der Waals surface area contributed by atoms with Gasteiger partial charge in [0.05, 0.1) is 0 Å². The molecule has 5 rings (SSSR count). The lowest BCUT2D eigenvalue weighted by molar-refractivity contribution is 0.0739. The van der Waals surface area contributed by atoms with Crippen molar-refractivity contribution in [2.45, 2.75) is 12.8 Å². The van der Waals surface area contributed by atoms with Crippen molar-refractivity contribution in [3.8, 4) is 11.4 Å². The number of carbonyl (C=O) groups is 1. The zero-order valence-electron chi connectivity index (χ0n) is 17.4. The quantitative estimate of drug-likeness (QED) is 0.648. The van der Waals surface area contributed by atoms with Gasteiger partial charge in [-0.05, 0) is 31.0 Å². The normalized spacial score (nSPS) is 16.6. The minimum atomic E-state index is -0.0622. The number of amides is 1. The van der Waals surface area contributed by atoms with Gasteiger partial charge in [-0.1, -0.05) is 30.3 Å². The molecular weight excluding hydrogens is 390 g/mol. The second kappa shape index (κ2) is 8.67. The monoisotopic (exact) mass is 415 g/mol. The Labute approximate surface area is 181 Å². The van der Waals surface area contributed by atoms with Crippen molar-refractivity contribution < 1.29 is 4.79 Å². The summed E-state index contributed by atoms with van der Waals surface area (Å²) in [6.45, 7) is 4.71. The average Bonchev–Trinajstić information content (AvgIpc) is 3.40. The van der Waals surface area contributed by atoms with Crippen LogP contribution in [0.5, 0.6) is 0 Å². The van der Waals surface area contributed by atoms with Crippen LogP contribution in [0.1, 0.15) is 23.3 Å². The Morgan fingerprint density at radius 1 is 0.742 bits per heavy atom. The minimum Gasteiger partial charge on any atom is -0.355 e. The van der Waals surface area contributed by atoms with E-state index in [4.69, 9.17) is 4.98 Å². The average molecular weight is 416 g/mol. The van der Waals surface area contributed by atoms with E-state index in [9.17, 15) is 4.79 Å². The molecule has 2 aromatic heterocycles. The van der Waals surface area contributed by atoms with Crippen molar-refractivity contribution >= 4 is 17.5 Å². The second-order valence-corrected chi connectivity index (χ2v) is 7.85. The van der Waals surface area contributed by atoms with Crippen molar-refractivity contribution in [2.24, 2.45) is 0 Å². The van der Waals surface area contributed by atoms with E-state index >= 15 is 0 Å². The number of carbonyl (C=O) groups excluding carboxylic acids is 1. The first-order valence-electron chi connectivity index (χ1n) is 10.8. The number of nitrogens with zero attached hydrogens (tertiary/aromatic N) is 7. The topological polar surface area (TPSA) is 78.4 Å². The standard InChI is InChI=1S/C23H25N7O/c31-23(19-8-9-21(27-26-19)28-12-4-5-13-28)30-16-14-29(15-17-30)20-10-11-24-22(25-20)18-6-2-1-3-7-18/h1-3,6-11H,4-5,12-17H2. The zero-order valence-corrected chi connectivity index (χ0v) is 17.4. The summed E-state index contributed by atoms with van der Waals surface area (Å²) in [7, 11) is 0. The van der Waals surface area contributed by atoms with Crippen molar-refractivity contribution in [3.63, 3.8) is 0 Å². The highest BCUT2D eigenvalue weighted by molar-refractivity contribution is 5.92. The maximum absolute atomic E-state index is 12.9. The van der Waals surface area contributed by atoms with Crippen LogP contribution >= 0.6 is 0 Å². The summed E-state index contributed by atoms with van der Waals surface area (Å²) < 4.78 is 0. The summed E-state index contributed by atoms with van der Waals surface area (Å²) in [5.41, 5.74) is 1.40. The van der Waals surface area contributed by atoms with Gasteiger partial charge in [0.1, 0.15) is 5.82 Å². The summed E-state index contributed by atoms with van der Waals surface area (Å²) >= 11 is 0. The van der Waals surface area contributed by atoms with E-state index in [-0.39, 0.29) is 5.91 Å². The number of hydrogen-bond donors (Lipinski definition) is 0. The highest BCUT2D eigenvalue weighted by Gasteiger charge is 2.24. The van der Waals surface area contributed by atoms with Gasteiger partial charge in [0, 0.05) is 51.0 Å². The molecule has 1 aromatic carbocycles. The van der Waals surface area contributed by atoms with Gasteiger partial charge in [0.15, 0.2) is 17.3 Å². The second-order valence-electron chi connectivity index (χ2n) is 7.85. The lowest BCUT2D eigenvalue weighted by atomic mass is 10.2. The summed E-state index contributed by atoms with van der Waals surface area (Å²) in [6, 6.07) is 15.6. The van der Waals surface area contributed by atoms with Gasteiger partial charge in [-0.25, -0.2) is 9.97 Å². The molecule has 0 saturated carbocycles. The molecule has 0 aliphatic carbocycles. The van der Waals surface area contributed by atoms with Crippen molar-refractivity contribution in [1.29, 1.82) is 0 Å². The Kier molecular flexibility index (Phi) is 5.43. The first-order valence-corrected chi connectivity index (χ1v) is 10.8. The fourth-order valence-corrected chi connectivity index (χ4v) is 4.11. The van der Waals surface area contributed by atoms with Gasteiger partial charge in [-0.15, -0.1) is 10.2 Å². The number of rotatable bonds is 4. The fraction of sp³-hybridized carbons (Fsp3) is 0.348. The number of hydrogen-bond acceptors (Lipinski definition) is 7. The van der Waals surface area contributed by atoms with E-state index < -0.39 is 0 Å². The number of anilines is 2. The third kappa shape index (κ3) is 4.19. The molecule has 2 aliphatic rings. The smallest absolute Gasteiger partial charge is 0.274 e. The van der Waals surface area contributed by atoms with E-state index in [1.54, 1.807) is 12.3 Å². The Hall–Kier alpha value is -3.55. The maximum Gasteiger partial charge on any atom is 0.274 e. The lowest BCUT2D eigenvalue weighted by Crippen LogP contribution is -2.49. The molecule has 4 heterocycles. The first-order chi connectivity index (χ1) is 15.3. The number of aromatic nitrogens is 4. The first kappa shape index (κ1) is 19.4. The van der Waals surface area contributed by atoms with Crippen molar-refractivity contribution in [2.75, 3.05) is 49.1 Å². The Balaban J connectivity index is 1.22. The molecule has 2 aliphatic heterocycles. The van der Waals surface area contributed by atoms with Crippen LogP contribution in [-0.2, 0) is 0 Å². The predicted molar refractivity (Wildman–Crippen MR) is 119 cm³/mol. The number of benzene rings is 1. The van der Waals surface area contributed by atoms with E-state index in [1.807, 2.05) is 47.4 Å². The molecule has 158 valence electrons. The molecule has 0 spiro atoms. The molecule has 0 radical (unpaired) electrons. The third-order valence-electron chi connectivity index (χ3n) is 5.86. The van der Waals surface area contributed by atoms with Gasteiger partial charge in [0.2, 0.25) is 0 Å². The van der Waals surface area contributed by atoms with Gasteiger partial charge in [-0.2, -0.15) is 0 Å². The lowest BCUT2D eigenvalue weighted by Gasteiger charge is -2.35. The van der Waals surface area contributed by atoms with Crippen LogP contribution in [0, 0.1) is 0 Å². The summed E-state index contributed by atoms with van der Waals surface area (Å²) in [4.78, 5) is 28.3. The van der Waals surface area contributed by atoms with Crippen molar-refractivity contribution in [3.05, 3.63) is 60.4 Å². The van der Waals surface area contributed by atoms with Gasteiger partial charge in [0.25, 0.3) is 5.91 Å². The molecular formula is C23H25N7O. The van der Waals surface area contributed by atoms with Crippen LogP contribution < -0.4 is 9.80 Å². The van der Waals surface area contributed by atoms with Crippen LogP contribution in [0.4, 0.5) is 11.6 Å². The molecule has 3 aromatic rings. The number of piperazine rings is 1. The molecule has 0 unspecified atom stereocenters. The Bertz CT molecular complexity index is 1030. The van der Waals surface area contributed by atoms with Crippen molar-refractivity contribution in [1.82, 2.24) is 25.1 Å². The SMILES string of the molecule is O=C(c1ccc(N2CCCC2)nn1)N1CCN(c2ccnc(-c3ccccc3)n2)CC1. The molecule has 8 heteroatoms. The molecule has 0 atom stereocenters. The fourth-order valence-electron chi connectivity index (χ4n) is 4.11. The largest absolute Gasteiger partial charge is 0.355 e. The molecule has 8 nitrogen and oxygen atoms in total. The summed E-state index contributed by atoms with van der Waals surface area (Å²) in [5, 5.41) is 8.48. The van der Waals surface area contributed by atoms with Crippen LogP contribution in [0.2, 0.25) is 0 Å². The molecule has 31 heavy (non-hydrogen) atoms. The maximum atomic E-state index is 12.9. The van der Waals surface area contributed by atoms with E-state index in [0.29, 0.717) is 24.6 Å². The van der Waals surface area contributed by atoms with E-state index in [1.165, 1.54) is 12.8 Å². The van der Waals surface area contributed by atoms with E-state index in [0.717, 1.165) is 43.4 Å².